The number of rotatable bonds is 6. The fourth-order valence-corrected chi connectivity index (χ4v) is 4.17. The Hall–Kier alpha value is -2.58. The van der Waals surface area contributed by atoms with Gasteiger partial charge in [0, 0.05) is 18.3 Å². The Morgan fingerprint density at radius 3 is 2.09 bits per heavy atom. The second-order valence-electron chi connectivity index (χ2n) is 8.67. The first-order chi connectivity index (χ1) is 14.8. The molecule has 1 atom stereocenters. The van der Waals surface area contributed by atoms with Gasteiger partial charge in [0.05, 0.1) is 11.1 Å². The van der Waals surface area contributed by atoms with Gasteiger partial charge in [-0.15, -0.1) is 0 Å². The third-order valence-corrected chi connectivity index (χ3v) is 6.00. The molecule has 2 fully saturated rings. The van der Waals surface area contributed by atoms with Crippen LogP contribution in [0, 0.1) is 11.3 Å². The molecule has 3 rings (SSSR count). The number of hydrogen-bond donors (Lipinski definition) is 1. The molecule has 0 spiro atoms. The van der Waals surface area contributed by atoms with Gasteiger partial charge in [0.25, 0.3) is 0 Å². The Morgan fingerprint density at radius 1 is 1.12 bits per heavy atom. The van der Waals surface area contributed by atoms with Crippen LogP contribution in [-0.4, -0.2) is 19.6 Å². The van der Waals surface area contributed by atoms with E-state index in [1.807, 2.05) is 6.08 Å². The predicted octanol–water partition coefficient (Wildman–Crippen LogP) is 6.34. The van der Waals surface area contributed by atoms with E-state index in [1.165, 1.54) is 7.05 Å². The summed E-state index contributed by atoms with van der Waals surface area (Å²) in [6.45, 7) is 5.15. The van der Waals surface area contributed by atoms with Crippen molar-refractivity contribution in [3.05, 3.63) is 57.8 Å². The third kappa shape index (κ3) is 5.42. The van der Waals surface area contributed by atoms with E-state index in [0.29, 0.717) is 35.9 Å². The minimum absolute atomic E-state index is 0.0254. The van der Waals surface area contributed by atoms with Gasteiger partial charge in [-0.1, -0.05) is 18.4 Å². The molecule has 0 amide bonds. The summed E-state index contributed by atoms with van der Waals surface area (Å²) >= 11 is 0. The lowest BCUT2D eigenvalue weighted by atomic mass is 9.88. The van der Waals surface area contributed by atoms with Crippen LogP contribution in [-0.2, 0) is 18.8 Å². The van der Waals surface area contributed by atoms with Crippen molar-refractivity contribution in [3.8, 4) is 0 Å². The molecule has 1 aromatic carbocycles. The minimum Gasteiger partial charge on any atom is -0.402 e. The van der Waals surface area contributed by atoms with Gasteiger partial charge in [0.1, 0.15) is 0 Å². The number of hydrogen-bond acceptors (Lipinski definition) is 2. The van der Waals surface area contributed by atoms with E-state index in [1.54, 1.807) is 6.92 Å². The lowest BCUT2D eigenvalue weighted by Crippen LogP contribution is -2.14. The van der Waals surface area contributed by atoms with Crippen LogP contribution in [0.4, 0.5) is 26.3 Å². The molecule has 1 unspecified atom stereocenters. The van der Waals surface area contributed by atoms with Gasteiger partial charge >= 0.3 is 12.4 Å². The van der Waals surface area contributed by atoms with Gasteiger partial charge in [-0.25, -0.2) is 4.99 Å². The maximum atomic E-state index is 13.3. The van der Waals surface area contributed by atoms with Gasteiger partial charge in [-0.05, 0) is 74.1 Å². The van der Waals surface area contributed by atoms with Crippen LogP contribution >= 0.6 is 0 Å². The molecule has 0 heterocycles. The molecule has 3 nitrogen and oxygen atoms in total. The molecule has 32 heavy (non-hydrogen) atoms. The summed E-state index contributed by atoms with van der Waals surface area (Å²) in [6.07, 6.45) is -4.50. The number of amidine groups is 1. The van der Waals surface area contributed by atoms with E-state index in [0.717, 1.165) is 30.5 Å². The first-order valence-corrected chi connectivity index (χ1v) is 10.2. The first-order valence-electron chi connectivity index (χ1n) is 10.2. The van der Waals surface area contributed by atoms with Crippen molar-refractivity contribution in [2.45, 2.75) is 51.4 Å². The molecule has 2 aliphatic rings. The van der Waals surface area contributed by atoms with Crippen LogP contribution in [0.1, 0.15) is 49.3 Å². The van der Waals surface area contributed by atoms with Gasteiger partial charge in [-0.3, -0.25) is 4.99 Å². The number of alkyl halides is 6. The average molecular weight is 457 g/mol. The average Bonchev–Trinajstić information content (AvgIpc) is 3.59. The lowest BCUT2D eigenvalue weighted by molar-refractivity contribution is -0.143. The summed E-state index contributed by atoms with van der Waals surface area (Å²) in [4.78, 5) is 7.91. The number of halogens is 6. The second-order valence-corrected chi connectivity index (χ2v) is 8.67. The van der Waals surface area contributed by atoms with E-state index >= 15 is 0 Å². The molecule has 0 aliphatic heterocycles. The lowest BCUT2D eigenvalue weighted by Gasteiger charge is -2.19. The van der Waals surface area contributed by atoms with Gasteiger partial charge in [0.15, 0.2) is 5.84 Å². The number of benzene rings is 1. The van der Waals surface area contributed by atoms with Crippen molar-refractivity contribution < 1.29 is 26.3 Å². The van der Waals surface area contributed by atoms with E-state index in [-0.39, 0.29) is 18.1 Å². The maximum absolute atomic E-state index is 13.3. The number of nitrogens with zero attached hydrogens (tertiary/aromatic N) is 2. The van der Waals surface area contributed by atoms with Crippen LogP contribution in [0.25, 0.3) is 0 Å². The summed E-state index contributed by atoms with van der Waals surface area (Å²) in [5.41, 5.74) is 4.88. The Morgan fingerprint density at radius 2 is 1.69 bits per heavy atom. The Bertz CT molecular complexity index is 960. The van der Waals surface area contributed by atoms with Crippen molar-refractivity contribution in [1.82, 2.24) is 0 Å². The quantitative estimate of drug-likeness (QED) is 0.302. The van der Waals surface area contributed by atoms with E-state index < -0.39 is 28.9 Å². The van der Waals surface area contributed by atoms with Gasteiger partial charge < -0.3 is 5.73 Å². The van der Waals surface area contributed by atoms with Crippen molar-refractivity contribution in [2.75, 3.05) is 7.05 Å². The van der Waals surface area contributed by atoms with Gasteiger partial charge in [0.2, 0.25) is 0 Å². The van der Waals surface area contributed by atoms with Crippen molar-refractivity contribution in [2.24, 2.45) is 27.1 Å². The molecule has 0 radical (unpaired) electrons. The highest BCUT2D eigenvalue weighted by molar-refractivity contribution is 6.04. The minimum atomic E-state index is -4.86. The summed E-state index contributed by atoms with van der Waals surface area (Å²) in [5.74, 6) is 0.764. The van der Waals surface area contributed by atoms with Crippen molar-refractivity contribution in [3.63, 3.8) is 0 Å². The van der Waals surface area contributed by atoms with Crippen LogP contribution in [0.3, 0.4) is 0 Å². The van der Waals surface area contributed by atoms with Gasteiger partial charge in [-0.2, -0.15) is 26.3 Å². The molecule has 0 bridgehead atoms. The second kappa shape index (κ2) is 8.41. The molecule has 1 aromatic rings. The normalized spacial score (nSPS) is 23.9. The van der Waals surface area contributed by atoms with E-state index in [4.69, 9.17) is 5.73 Å². The Balaban J connectivity index is 2.01. The smallest absolute Gasteiger partial charge is 0.402 e. The SMILES string of the molecule is C=NC(=NC)C(/C=C1/CC1(Cc1cc(C(F)(F)F)cc(C(F)(F)F)c1)CC1CC1)=C(C)N. The standard InChI is InChI=1S/C23H25F6N3/c1-13(30)19(20(31-2)32-3)9-18-12-21(18,10-14-4-5-14)11-15-6-16(22(24,25)26)8-17(7-15)23(27,28)29/h6-9,14H,2,4-5,10-12,30H2,1,3H3/b18-9-,19-13?,32-20?. The van der Waals surface area contributed by atoms with Crippen molar-refractivity contribution in [1.29, 1.82) is 0 Å². The monoisotopic (exact) mass is 457 g/mol. The highest BCUT2D eigenvalue weighted by atomic mass is 19.4. The van der Waals surface area contributed by atoms with Crippen LogP contribution in [0.15, 0.2) is 51.1 Å². The number of allylic oxidation sites excluding steroid dienone is 2. The fourth-order valence-electron chi connectivity index (χ4n) is 4.17. The van der Waals surface area contributed by atoms with Crippen LogP contribution in [0.5, 0.6) is 0 Å². The van der Waals surface area contributed by atoms with Crippen molar-refractivity contribution >= 4 is 12.6 Å². The third-order valence-electron chi connectivity index (χ3n) is 6.00. The van der Waals surface area contributed by atoms with E-state index in [9.17, 15) is 26.3 Å². The fraction of sp³-hybridized carbons (Fsp3) is 0.478. The summed E-state index contributed by atoms with van der Waals surface area (Å²) in [5, 5.41) is 0. The zero-order valence-corrected chi connectivity index (χ0v) is 17.9. The summed E-state index contributed by atoms with van der Waals surface area (Å²) in [7, 11) is 1.54. The predicted molar refractivity (Wildman–Crippen MR) is 112 cm³/mol. The molecule has 2 N–H and O–H groups in total. The van der Waals surface area contributed by atoms with E-state index in [2.05, 4.69) is 16.7 Å². The summed E-state index contributed by atoms with van der Waals surface area (Å²) < 4.78 is 79.7. The molecule has 2 saturated carbocycles. The Labute approximate surface area is 182 Å². The molecule has 174 valence electrons. The molecule has 2 aliphatic carbocycles. The highest BCUT2D eigenvalue weighted by Crippen LogP contribution is 2.61. The molecular formula is C23H25F6N3. The first kappa shape index (κ1) is 24.1. The Kier molecular flexibility index (Phi) is 6.32. The topological polar surface area (TPSA) is 50.7 Å². The molecular weight excluding hydrogens is 432 g/mol. The maximum Gasteiger partial charge on any atom is 0.416 e. The molecule has 9 heteroatoms. The zero-order valence-electron chi connectivity index (χ0n) is 17.9. The zero-order chi connectivity index (χ0) is 23.9. The largest absolute Gasteiger partial charge is 0.416 e. The highest BCUT2D eigenvalue weighted by Gasteiger charge is 2.51. The summed E-state index contributed by atoms with van der Waals surface area (Å²) in [6, 6.07) is 1.82. The van der Waals surface area contributed by atoms with Crippen LogP contribution < -0.4 is 5.73 Å². The number of nitrogens with two attached hydrogens (primary N) is 1. The van der Waals surface area contributed by atoms with Crippen LogP contribution in [0.2, 0.25) is 0 Å². The molecule has 0 aromatic heterocycles. The molecule has 0 saturated heterocycles. The number of aliphatic imine (C=N–C) groups is 2.